The van der Waals surface area contributed by atoms with Crippen molar-refractivity contribution in [1.29, 1.82) is 0 Å². The van der Waals surface area contributed by atoms with Crippen LogP contribution in [0.1, 0.15) is 25.0 Å². The molecule has 0 bridgehead atoms. The van der Waals surface area contributed by atoms with Crippen molar-refractivity contribution in [3.63, 3.8) is 0 Å². The van der Waals surface area contributed by atoms with Crippen molar-refractivity contribution in [3.8, 4) is 0 Å². The molecule has 0 aliphatic rings. The molecule has 2 heterocycles. The van der Waals surface area contributed by atoms with Crippen LogP contribution in [0.4, 0.5) is 0 Å². The van der Waals surface area contributed by atoms with Crippen LogP contribution in [0.15, 0.2) is 49.1 Å². The first kappa shape index (κ1) is 19.5. The molecule has 0 saturated heterocycles. The van der Waals surface area contributed by atoms with E-state index in [1.54, 1.807) is 0 Å². The second kappa shape index (κ2) is 10.3. The fraction of sp³-hybridized carbons (Fsp3) is 0.250. The lowest BCUT2D eigenvalue weighted by Crippen LogP contribution is -3.00. The highest BCUT2D eigenvalue weighted by atomic mass is 127. The number of nitrogens with zero attached hydrogens (tertiary/aromatic N) is 2. The molecule has 0 spiro atoms. The predicted molar refractivity (Wildman–Crippen MR) is 73.6 cm³/mol. The minimum Gasteiger partial charge on any atom is -1.00 e. The summed E-state index contributed by atoms with van der Waals surface area (Å²) in [5, 5.41) is 0. The van der Waals surface area contributed by atoms with Crippen molar-refractivity contribution in [2.75, 3.05) is 0 Å². The van der Waals surface area contributed by atoms with Crippen LogP contribution in [0.3, 0.4) is 0 Å². The van der Waals surface area contributed by atoms with E-state index in [-0.39, 0.29) is 48.0 Å². The van der Waals surface area contributed by atoms with Crippen molar-refractivity contribution in [2.24, 2.45) is 0 Å². The summed E-state index contributed by atoms with van der Waals surface area (Å²) in [4.78, 5) is 0. The average molecular weight is 494 g/mol. The molecule has 0 amide bonds. The molecule has 0 aromatic carbocycles. The van der Waals surface area contributed by atoms with Crippen LogP contribution in [-0.4, -0.2) is 0 Å². The number of halogens is 2. The molecule has 2 rings (SSSR count). The molecule has 0 saturated carbocycles. The van der Waals surface area contributed by atoms with Gasteiger partial charge in [0.25, 0.3) is 0 Å². The molecule has 108 valence electrons. The van der Waals surface area contributed by atoms with Crippen molar-refractivity contribution in [1.82, 2.24) is 0 Å². The average Bonchev–Trinajstić information content (AvgIpc) is 2.46. The second-order valence-corrected chi connectivity index (χ2v) is 4.26. The molecular formula is C16H20I2N2. The van der Waals surface area contributed by atoms with Gasteiger partial charge in [-0.25, -0.2) is 9.13 Å². The highest BCUT2D eigenvalue weighted by Gasteiger charge is 1.96. The van der Waals surface area contributed by atoms with Gasteiger partial charge in [0.1, 0.15) is 13.1 Å². The minimum atomic E-state index is 0. The molecule has 0 atom stereocenters. The first-order valence-electron chi connectivity index (χ1n) is 6.48. The van der Waals surface area contributed by atoms with Gasteiger partial charge in [-0.3, -0.25) is 0 Å². The number of hydrogen-bond acceptors (Lipinski definition) is 0. The first-order chi connectivity index (χ1) is 8.81. The van der Waals surface area contributed by atoms with Crippen molar-refractivity contribution >= 4 is 12.2 Å². The summed E-state index contributed by atoms with van der Waals surface area (Å²) in [5.41, 5.74) is 2.46. The monoisotopic (exact) mass is 494 g/mol. The summed E-state index contributed by atoms with van der Waals surface area (Å²) < 4.78 is 4.31. The third-order valence-electron chi connectivity index (χ3n) is 3.03. The number of hydrogen-bond donors (Lipinski definition) is 0. The maximum Gasteiger partial charge on any atom is 0.169 e. The third-order valence-corrected chi connectivity index (χ3v) is 3.03. The van der Waals surface area contributed by atoms with E-state index in [1.165, 1.54) is 11.1 Å². The van der Waals surface area contributed by atoms with Crippen molar-refractivity contribution in [3.05, 3.63) is 60.2 Å². The van der Waals surface area contributed by atoms with Crippen LogP contribution in [-0.2, 0) is 13.1 Å². The topological polar surface area (TPSA) is 7.76 Å². The SMILES string of the molecule is CC[n+]1ccc(C=Cc2cc[n+](CC)cc2)cc1.[I-].[I-]. The van der Waals surface area contributed by atoms with E-state index in [2.05, 4.69) is 84.2 Å². The van der Waals surface area contributed by atoms with Gasteiger partial charge in [-0.1, -0.05) is 12.2 Å². The fourth-order valence-corrected chi connectivity index (χ4v) is 1.77. The number of aromatic nitrogens is 2. The van der Waals surface area contributed by atoms with Gasteiger partial charge in [-0.15, -0.1) is 0 Å². The Balaban J connectivity index is 0.00000180. The smallest absolute Gasteiger partial charge is 0.169 e. The van der Waals surface area contributed by atoms with Crippen LogP contribution in [0.5, 0.6) is 0 Å². The molecule has 0 N–H and O–H groups in total. The summed E-state index contributed by atoms with van der Waals surface area (Å²) in [6, 6.07) is 8.54. The summed E-state index contributed by atoms with van der Waals surface area (Å²) in [5.74, 6) is 0. The van der Waals surface area contributed by atoms with Crippen LogP contribution < -0.4 is 57.1 Å². The van der Waals surface area contributed by atoms with E-state index in [9.17, 15) is 0 Å². The molecule has 2 aromatic rings. The number of rotatable bonds is 4. The van der Waals surface area contributed by atoms with Crippen LogP contribution in [0, 0.1) is 0 Å². The minimum absolute atomic E-state index is 0. The lowest BCUT2D eigenvalue weighted by molar-refractivity contribution is -0.693. The maximum atomic E-state index is 2.16. The first-order valence-corrected chi connectivity index (χ1v) is 6.48. The van der Waals surface area contributed by atoms with Gasteiger partial charge in [0, 0.05) is 24.3 Å². The van der Waals surface area contributed by atoms with E-state index < -0.39 is 0 Å². The lowest BCUT2D eigenvalue weighted by Gasteiger charge is -1.95. The molecule has 0 unspecified atom stereocenters. The van der Waals surface area contributed by atoms with Crippen LogP contribution in [0.25, 0.3) is 12.2 Å². The Morgan fingerprint density at radius 1 is 0.700 bits per heavy atom. The van der Waals surface area contributed by atoms with Gasteiger partial charge < -0.3 is 48.0 Å². The summed E-state index contributed by atoms with van der Waals surface area (Å²) in [7, 11) is 0. The highest BCUT2D eigenvalue weighted by molar-refractivity contribution is 5.68. The van der Waals surface area contributed by atoms with Crippen LogP contribution in [0.2, 0.25) is 0 Å². The molecule has 0 aliphatic heterocycles. The van der Waals surface area contributed by atoms with Crippen LogP contribution >= 0.6 is 0 Å². The Bertz CT molecular complexity index is 470. The van der Waals surface area contributed by atoms with Gasteiger partial charge in [-0.2, -0.15) is 0 Å². The van der Waals surface area contributed by atoms with Crippen molar-refractivity contribution < 1.29 is 57.1 Å². The van der Waals surface area contributed by atoms with Crippen molar-refractivity contribution in [2.45, 2.75) is 26.9 Å². The molecular weight excluding hydrogens is 474 g/mol. The molecule has 20 heavy (non-hydrogen) atoms. The Kier molecular flexibility index (Phi) is 10.0. The normalized spacial score (nSPS) is 9.90. The van der Waals surface area contributed by atoms with Gasteiger partial charge in [0.15, 0.2) is 24.8 Å². The molecule has 4 heteroatoms. The predicted octanol–water partition coefficient (Wildman–Crippen LogP) is -3.52. The van der Waals surface area contributed by atoms with E-state index in [1.807, 2.05) is 0 Å². The number of pyridine rings is 2. The molecule has 0 radical (unpaired) electrons. The standard InChI is InChI=1S/C16H20N2.2HI/c1-3-17-11-7-15(8-12-17)5-6-16-9-13-18(4-2)14-10-16;;/h5-14H,3-4H2,1-2H3;2*1H/q+2;;/p-2. The molecule has 2 aromatic heterocycles. The van der Waals surface area contributed by atoms with Gasteiger partial charge in [-0.05, 0) is 25.0 Å². The Morgan fingerprint density at radius 3 is 1.25 bits per heavy atom. The highest BCUT2D eigenvalue weighted by Crippen LogP contribution is 2.05. The molecule has 2 nitrogen and oxygen atoms in total. The summed E-state index contributed by atoms with van der Waals surface area (Å²) >= 11 is 0. The second-order valence-electron chi connectivity index (χ2n) is 4.26. The summed E-state index contributed by atoms with van der Waals surface area (Å²) in [6.45, 7) is 6.31. The van der Waals surface area contributed by atoms with Gasteiger partial charge in [0.05, 0.1) is 0 Å². The fourth-order valence-electron chi connectivity index (χ4n) is 1.77. The summed E-state index contributed by atoms with van der Waals surface area (Å²) in [6.07, 6.45) is 12.7. The zero-order chi connectivity index (χ0) is 12.8. The molecule has 0 fully saturated rings. The van der Waals surface area contributed by atoms with E-state index in [0.29, 0.717) is 0 Å². The van der Waals surface area contributed by atoms with Gasteiger partial charge >= 0.3 is 0 Å². The number of aryl methyl sites for hydroxylation is 2. The lowest BCUT2D eigenvalue weighted by atomic mass is 10.2. The van der Waals surface area contributed by atoms with E-state index >= 15 is 0 Å². The van der Waals surface area contributed by atoms with E-state index in [0.717, 1.165) is 13.1 Å². The Morgan fingerprint density at radius 2 is 1.00 bits per heavy atom. The van der Waals surface area contributed by atoms with Gasteiger partial charge in [0.2, 0.25) is 0 Å². The maximum absolute atomic E-state index is 2.16. The zero-order valence-electron chi connectivity index (χ0n) is 11.8. The largest absolute Gasteiger partial charge is 1.00 e. The third kappa shape index (κ3) is 5.87. The molecule has 0 aliphatic carbocycles. The Labute approximate surface area is 155 Å². The Hall–Kier alpha value is -0.500. The zero-order valence-corrected chi connectivity index (χ0v) is 16.2. The quantitative estimate of drug-likeness (QED) is 0.308. The van der Waals surface area contributed by atoms with E-state index in [4.69, 9.17) is 0 Å².